The highest BCUT2D eigenvalue weighted by Gasteiger charge is 2.43. The Labute approximate surface area is 122 Å². The maximum atomic E-state index is 12.8. The molecule has 1 heterocycles. The lowest BCUT2D eigenvalue weighted by atomic mass is 9.96. The lowest BCUT2D eigenvalue weighted by molar-refractivity contribution is -0.188. The summed E-state index contributed by atoms with van der Waals surface area (Å²) in [5, 5.41) is 2.73. The molecule has 0 bridgehead atoms. The standard InChI is InChI=1S/C15H19F3N2O/c1-11(14(21)19-13-7-3-2-4-8-13)20-9-5-6-12(10-20)15(16,17)18/h2-4,7-8,11-12H,5-6,9-10H2,1H3,(H,19,21)/t11-,12-/m0/s1. The molecule has 6 heteroatoms. The number of nitrogens with one attached hydrogen (secondary N) is 1. The second-order valence-electron chi connectivity index (χ2n) is 5.41. The third-order valence-corrected chi connectivity index (χ3v) is 3.88. The Bertz CT molecular complexity index is 476. The minimum Gasteiger partial charge on any atom is -0.325 e. The zero-order valence-corrected chi connectivity index (χ0v) is 11.9. The van der Waals surface area contributed by atoms with Crippen molar-refractivity contribution >= 4 is 11.6 Å². The van der Waals surface area contributed by atoms with Gasteiger partial charge in [0, 0.05) is 12.2 Å². The Morgan fingerprint density at radius 1 is 1.33 bits per heavy atom. The fourth-order valence-electron chi connectivity index (χ4n) is 2.56. The molecule has 1 saturated heterocycles. The van der Waals surface area contributed by atoms with Gasteiger partial charge in [0.05, 0.1) is 12.0 Å². The summed E-state index contributed by atoms with van der Waals surface area (Å²) < 4.78 is 38.4. The van der Waals surface area contributed by atoms with Crippen molar-refractivity contribution in [1.29, 1.82) is 0 Å². The van der Waals surface area contributed by atoms with Gasteiger partial charge in [-0.25, -0.2) is 0 Å². The molecule has 0 radical (unpaired) electrons. The first-order valence-corrected chi connectivity index (χ1v) is 7.04. The molecule has 0 spiro atoms. The lowest BCUT2D eigenvalue weighted by Gasteiger charge is -2.36. The van der Waals surface area contributed by atoms with Crippen molar-refractivity contribution in [3.05, 3.63) is 30.3 Å². The number of rotatable bonds is 3. The summed E-state index contributed by atoms with van der Waals surface area (Å²) >= 11 is 0. The second kappa shape index (κ2) is 6.47. The first-order chi connectivity index (χ1) is 9.88. The van der Waals surface area contributed by atoms with Crippen LogP contribution in [-0.2, 0) is 4.79 Å². The molecule has 0 aliphatic carbocycles. The fraction of sp³-hybridized carbons (Fsp3) is 0.533. The SMILES string of the molecule is C[C@@H](C(=O)Nc1ccccc1)N1CCC[C@H](C(F)(F)F)C1. The molecule has 2 atom stereocenters. The highest BCUT2D eigenvalue weighted by atomic mass is 19.4. The molecule has 1 aromatic carbocycles. The fourth-order valence-corrected chi connectivity index (χ4v) is 2.56. The molecule has 1 amide bonds. The predicted molar refractivity (Wildman–Crippen MR) is 74.9 cm³/mol. The van der Waals surface area contributed by atoms with Gasteiger partial charge >= 0.3 is 6.18 Å². The van der Waals surface area contributed by atoms with Gasteiger partial charge in [0.2, 0.25) is 5.91 Å². The number of halogens is 3. The molecule has 1 aromatic rings. The van der Waals surface area contributed by atoms with Crippen LogP contribution in [0.15, 0.2) is 30.3 Å². The van der Waals surface area contributed by atoms with E-state index in [-0.39, 0.29) is 18.9 Å². The van der Waals surface area contributed by atoms with Crippen LogP contribution in [0, 0.1) is 5.92 Å². The summed E-state index contributed by atoms with van der Waals surface area (Å²) in [7, 11) is 0. The summed E-state index contributed by atoms with van der Waals surface area (Å²) in [6.45, 7) is 2.07. The maximum Gasteiger partial charge on any atom is 0.393 e. The average molecular weight is 300 g/mol. The minimum atomic E-state index is -4.19. The largest absolute Gasteiger partial charge is 0.393 e. The predicted octanol–water partition coefficient (Wildman–Crippen LogP) is 3.29. The van der Waals surface area contributed by atoms with Crippen molar-refractivity contribution < 1.29 is 18.0 Å². The lowest BCUT2D eigenvalue weighted by Crippen LogP contribution is -2.49. The van der Waals surface area contributed by atoms with Crippen molar-refractivity contribution in [2.75, 3.05) is 18.4 Å². The Kier molecular flexibility index (Phi) is 4.88. The van der Waals surface area contributed by atoms with Crippen LogP contribution >= 0.6 is 0 Å². The molecule has 21 heavy (non-hydrogen) atoms. The summed E-state index contributed by atoms with van der Waals surface area (Å²) in [5.74, 6) is -1.61. The number of carbonyl (C=O) groups is 1. The van der Waals surface area contributed by atoms with Crippen molar-refractivity contribution in [2.45, 2.75) is 32.0 Å². The van der Waals surface area contributed by atoms with Crippen LogP contribution in [0.1, 0.15) is 19.8 Å². The van der Waals surface area contributed by atoms with Crippen molar-refractivity contribution in [3.63, 3.8) is 0 Å². The number of hydrogen-bond acceptors (Lipinski definition) is 2. The molecule has 116 valence electrons. The number of piperidine rings is 1. The Morgan fingerprint density at radius 3 is 2.62 bits per heavy atom. The highest BCUT2D eigenvalue weighted by Crippen LogP contribution is 2.33. The van der Waals surface area contributed by atoms with E-state index in [0.717, 1.165) is 0 Å². The molecule has 0 aromatic heterocycles. The first-order valence-electron chi connectivity index (χ1n) is 7.04. The summed E-state index contributed by atoms with van der Waals surface area (Å²) in [4.78, 5) is 13.7. The van der Waals surface area contributed by atoms with E-state index in [9.17, 15) is 18.0 Å². The van der Waals surface area contributed by atoms with Gasteiger partial charge in [0.25, 0.3) is 0 Å². The van der Waals surface area contributed by atoms with Gasteiger partial charge in [0.1, 0.15) is 0 Å². The first kappa shape index (κ1) is 15.8. The number of anilines is 1. The van der Waals surface area contributed by atoms with Gasteiger partial charge in [-0.05, 0) is 38.4 Å². The number of amides is 1. The number of likely N-dealkylation sites (tertiary alicyclic amines) is 1. The van der Waals surface area contributed by atoms with Crippen molar-refractivity contribution in [1.82, 2.24) is 4.90 Å². The number of hydrogen-bond donors (Lipinski definition) is 1. The van der Waals surface area contributed by atoms with E-state index in [2.05, 4.69) is 5.32 Å². The van der Waals surface area contributed by atoms with Crippen LogP contribution < -0.4 is 5.32 Å². The molecular formula is C15H19F3N2O. The number of benzene rings is 1. The minimum absolute atomic E-state index is 0.104. The van der Waals surface area contributed by atoms with Crippen LogP contribution in [0.4, 0.5) is 18.9 Å². The summed E-state index contributed by atoms with van der Waals surface area (Å²) in [6.07, 6.45) is -3.57. The maximum absolute atomic E-state index is 12.8. The molecular weight excluding hydrogens is 281 g/mol. The van der Waals surface area contributed by atoms with Crippen LogP contribution in [-0.4, -0.2) is 36.1 Å². The number of nitrogens with zero attached hydrogens (tertiary/aromatic N) is 1. The molecule has 3 nitrogen and oxygen atoms in total. The number of alkyl halides is 3. The van der Waals surface area contributed by atoms with E-state index in [4.69, 9.17) is 0 Å². The zero-order chi connectivity index (χ0) is 15.5. The Balaban J connectivity index is 1.96. The van der Waals surface area contributed by atoms with E-state index in [1.54, 1.807) is 36.1 Å². The van der Waals surface area contributed by atoms with Gasteiger partial charge in [-0.15, -0.1) is 0 Å². The van der Waals surface area contributed by atoms with Gasteiger partial charge < -0.3 is 5.32 Å². The zero-order valence-electron chi connectivity index (χ0n) is 11.9. The van der Waals surface area contributed by atoms with E-state index in [0.29, 0.717) is 18.7 Å². The van der Waals surface area contributed by atoms with Crippen LogP contribution in [0.3, 0.4) is 0 Å². The van der Waals surface area contributed by atoms with Crippen molar-refractivity contribution in [3.8, 4) is 0 Å². The van der Waals surface area contributed by atoms with Gasteiger partial charge in [-0.3, -0.25) is 9.69 Å². The quantitative estimate of drug-likeness (QED) is 0.929. The molecule has 1 fully saturated rings. The topological polar surface area (TPSA) is 32.3 Å². The third-order valence-electron chi connectivity index (χ3n) is 3.88. The van der Waals surface area contributed by atoms with Crippen LogP contribution in [0.5, 0.6) is 0 Å². The van der Waals surface area contributed by atoms with Crippen LogP contribution in [0.2, 0.25) is 0 Å². The van der Waals surface area contributed by atoms with Gasteiger partial charge in [-0.1, -0.05) is 18.2 Å². The monoisotopic (exact) mass is 300 g/mol. The molecule has 0 saturated carbocycles. The third kappa shape index (κ3) is 4.20. The smallest absolute Gasteiger partial charge is 0.325 e. The van der Waals surface area contributed by atoms with Crippen LogP contribution in [0.25, 0.3) is 0 Å². The average Bonchev–Trinajstić information content (AvgIpc) is 2.46. The molecule has 1 aliphatic rings. The Morgan fingerprint density at radius 2 is 2.00 bits per heavy atom. The highest BCUT2D eigenvalue weighted by molar-refractivity contribution is 5.94. The summed E-state index contributed by atoms with van der Waals surface area (Å²) in [5.41, 5.74) is 0.652. The number of carbonyl (C=O) groups excluding carboxylic acids is 1. The molecule has 0 unspecified atom stereocenters. The van der Waals surface area contributed by atoms with E-state index < -0.39 is 18.1 Å². The molecule has 1 aliphatic heterocycles. The Hall–Kier alpha value is -1.56. The van der Waals surface area contributed by atoms with Gasteiger partial charge in [-0.2, -0.15) is 13.2 Å². The van der Waals surface area contributed by atoms with E-state index >= 15 is 0 Å². The molecule has 1 N–H and O–H groups in total. The summed E-state index contributed by atoms with van der Waals surface area (Å²) in [6, 6.07) is 8.34. The van der Waals surface area contributed by atoms with E-state index in [1.807, 2.05) is 6.07 Å². The molecule has 2 rings (SSSR count). The second-order valence-corrected chi connectivity index (χ2v) is 5.41. The number of para-hydroxylation sites is 1. The van der Waals surface area contributed by atoms with Crippen molar-refractivity contribution in [2.24, 2.45) is 5.92 Å². The van der Waals surface area contributed by atoms with Gasteiger partial charge in [0.15, 0.2) is 0 Å². The van der Waals surface area contributed by atoms with E-state index in [1.165, 1.54) is 0 Å². The normalized spacial score (nSPS) is 21.8.